The summed E-state index contributed by atoms with van der Waals surface area (Å²) < 4.78 is 7.76. The van der Waals surface area contributed by atoms with Gasteiger partial charge in [-0.25, -0.2) is 0 Å². The number of benzene rings is 3. The number of fused-ring (bicyclic) bond motifs is 1. The Morgan fingerprint density at radius 1 is 0.975 bits per heavy atom. The van der Waals surface area contributed by atoms with Gasteiger partial charge in [0.2, 0.25) is 0 Å². The highest BCUT2D eigenvalue weighted by molar-refractivity contribution is 8.18. The molecule has 1 saturated heterocycles. The highest BCUT2D eigenvalue weighted by Gasteiger charge is 2.35. The van der Waals surface area contributed by atoms with E-state index in [9.17, 15) is 19.7 Å². The summed E-state index contributed by atoms with van der Waals surface area (Å²) in [5.74, 6) is 0.0610. The molecule has 2 heterocycles. The van der Waals surface area contributed by atoms with Gasteiger partial charge in [-0.3, -0.25) is 24.6 Å². The number of non-ortho nitro benzene ring substituents is 1. The van der Waals surface area contributed by atoms with E-state index in [1.165, 1.54) is 35.4 Å². The Bertz CT molecular complexity index is 1620. The molecule has 5 rings (SSSR count). The van der Waals surface area contributed by atoms with Crippen molar-refractivity contribution in [3.63, 3.8) is 0 Å². The zero-order valence-corrected chi connectivity index (χ0v) is 23.3. The Balaban J connectivity index is 1.30. The third kappa shape index (κ3) is 5.79. The van der Waals surface area contributed by atoms with E-state index in [0.29, 0.717) is 17.2 Å². The number of para-hydroxylation sites is 1. The summed E-state index contributed by atoms with van der Waals surface area (Å²) in [7, 11) is 0. The predicted octanol–water partition coefficient (Wildman–Crippen LogP) is 7.01. The number of ether oxygens (including phenoxy) is 1. The second kappa shape index (κ2) is 11.0. The van der Waals surface area contributed by atoms with Gasteiger partial charge in [-0.2, -0.15) is 0 Å². The molecule has 8 nitrogen and oxygen atoms in total. The van der Waals surface area contributed by atoms with Gasteiger partial charge in [0.15, 0.2) is 0 Å². The number of carbonyl (C=O) groups excluding carboxylic acids is 2. The molecule has 0 spiro atoms. The topological polar surface area (TPSA) is 94.7 Å². The van der Waals surface area contributed by atoms with Crippen LogP contribution in [0.4, 0.5) is 10.5 Å². The van der Waals surface area contributed by atoms with Crippen LogP contribution < -0.4 is 4.74 Å². The van der Waals surface area contributed by atoms with E-state index >= 15 is 0 Å². The summed E-state index contributed by atoms with van der Waals surface area (Å²) in [6.07, 6.45) is 3.80. The molecule has 204 valence electrons. The lowest BCUT2D eigenvalue weighted by Crippen LogP contribution is -2.32. The summed E-state index contributed by atoms with van der Waals surface area (Å²) in [6, 6.07) is 22.3. The van der Waals surface area contributed by atoms with Crippen molar-refractivity contribution in [3.8, 4) is 5.75 Å². The fraction of sp³-hybridized carbons (Fsp3) is 0.226. The molecule has 4 aromatic rings. The summed E-state index contributed by atoms with van der Waals surface area (Å²) in [5, 5.41) is 11.5. The number of imide groups is 1. The SMILES string of the molecule is CC(C)(C)c1ccc(Cn2cc(/C=C3\SC(=O)N(CCOc4ccc([N+](=O)[O-])cc4)C3=O)c3ccccc32)cc1. The molecule has 0 bridgehead atoms. The lowest BCUT2D eigenvalue weighted by molar-refractivity contribution is -0.384. The molecule has 2 amide bonds. The quantitative estimate of drug-likeness (QED) is 0.132. The van der Waals surface area contributed by atoms with Crippen molar-refractivity contribution in [2.45, 2.75) is 32.7 Å². The third-order valence-electron chi connectivity index (χ3n) is 6.78. The molecule has 1 fully saturated rings. The molecule has 0 aliphatic carbocycles. The first-order valence-electron chi connectivity index (χ1n) is 12.9. The second-order valence-electron chi connectivity index (χ2n) is 10.6. The minimum absolute atomic E-state index is 0.0387. The molecular formula is C31H29N3O5S. The van der Waals surface area contributed by atoms with Crippen molar-refractivity contribution >= 4 is 45.6 Å². The van der Waals surface area contributed by atoms with E-state index in [1.54, 1.807) is 6.08 Å². The van der Waals surface area contributed by atoms with Crippen LogP contribution >= 0.6 is 11.8 Å². The summed E-state index contributed by atoms with van der Waals surface area (Å²) >= 11 is 0.912. The Labute approximate surface area is 236 Å². The van der Waals surface area contributed by atoms with E-state index in [0.717, 1.165) is 33.1 Å². The number of hydrogen-bond donors (Lipinski definition) is 0. The van der Waals surface area contributed by atoms with Gasteiger partial charge in [-0.1, -0.05) is 63.2 Å². The average Bonchev–Trinajstić information content (AvgIpc) is 3.40. The number of nitro benzene ring substituents is 1. The van der Waals surface area contributed by atoms with Crippen LogP contribution in [0.25, 0.3) is 17.0 Å². The second-order valence-corrected chi connectivity index (χ2v) is 11.6. The fourth-order valence-corrected chi connectivity index (χ4v) is 5.44. The van der Waals surface area contributed by atoms with Crippen molar-refractivity contribution in [2.24, 2.45) is 0 Å². The van der Waals surface area contributed by atoms with Crippen LogP contribution in [-0.2, 0) is 16.8 Å². The summed E-state index contributed by atoms with van der Waals surface area (Å²) in [5.41, 5.74) is 4.42. The Kier molecular flexibility index (Phi) is 7.49. The first-order chi connectivity index (χ1) is 19.1. The van der Waals surface area contributed by atoms with Crippen molar-refractivity contribution in [3.05, 3.63) is 111 Å². The molecule has 0 unspecified atom stereocenters. The van der Waals surface area contributed by atoms with E-state index in [4.69, 9.17) is 4.74 Å². The molecule has 0 atom stereocenters. The first kappa shape index (κ1) is 27.2. The summed E-state index contributed by atoms with van der Waals surface area (Å²) in [6.45, 7) is 7.42. The van der Waals surface area contributed by atoms with Crippen molar-refractivity contribution < 1.29 is 19.2 Å². The van der Waals surface area contributed by atoms with Gasteiger partial charge >= 0.3 is 0 Å². The first-order valence-corrected chi connectivity index (χ1v) is 13.7. The van der Waals surface area contributed by atoms with Gasteiger partial charge in [-0.05, 0) is 52.6 Å². The van der Waals surface area contributed by atoms with E-state index in [2.05, 4.69) is 55.7 Å². The number of amides is 2. The fourth-order valence-electron chi connectivity index (χ4n) is 4.58. The zero-order valence-electron chi connectivity index (χ0n) is 22.5. The van der Waals surface area contributed by atoms with Crippen molar-refractivity contribution in [1.82, 2.24) is 9.47 Å². The van der Waals surface area contributed by atoms with Crippen LogP contribution in [0.15, 0.2) is 83.9 Å². The average molecular weight is 556 g/mol. The largest absolute Gasteiger partial charge is 0.492 e. The van der Waals surface area contributed by atoms with Crippen LogP contribution in [0.1, 0.15) is 37.5 Å². The molecule has 1 aliphatic heterocycles. The van der Waals surface area contributed by atoms with Gasteiger partial charge in [-0.15, -0.1) is 0 Å². The van der Waals surface area contributed by atoms with Crippen LogP contribution in [0.2, 0.25) is 0 Å². The maximum atomic E-state index is 13.1. The lowest BCUT2D eigenvalue weighted by Gasteiger charge is -2.19. The van der Waals surface area contributed by atoms with Gasteiger partial charge in [0, 0.05) is 41.3 Å². The molecule has 1 aliphatic rings. The molecule has 1 aromatic heterocycles. The molecular weight excluding hydrogens is 526 g/mol. The number of carbonyl (C=O) groups is 2. The molecule has 0 N–H and O–H groups in total. The highest BCUT2D eigenvalue weighted by atomic mass is 32.2. The van der Waals surface area contributed by atoms with E-state index < -0.39 is 4.92 Å². The molecule has 3 aromatic carbocycles. The molecule has 0 saturated carbocycles. The Morgan fingerprint density at radius 3 is 2.35 bits per heavy atom. The Morgan fingerprint density at radius 2 is 1.68 bits per heavy atom. The van der Waals surface area contributed by atoms with Crippen LogP contribution in [0, 0.1) is 10.1 Å². The highest BCUT2D eigenvalue weighted by Crippen LogP contribution is 2.34. The maximum Gasteiger partial charge on any atom is 0.293 e. The van der Waals surface area contributed by atoms with Crippen LogP contribution in [-0.4, -0.2) is 38.7 Å². The van der Waals surface area contributed by atoms with Gasteiger partial charge in [0.1, 0.15) is 12.4 Å². The van der Waals surface area contributed by atoms with E-state index in [1.807, 2.05) is 24.4 Å². The zero-order chi connectivity index (χ0) is 28.4. The van der Waals surface area contributed by atoms with Gasteiger partial charge < -0.3 is 9.30 Å². The van der Waals surface area contributed by atoms with Crippen LogP contribution in [0.3, 0.4) is 0 Å². The maximum absolute atomic E-state index is 13.1. The number of aromatic nitrogens is 1. The number of thioether (sulfide) groups is 1. The predicted molar refractivity (Wildman–Crippen MR) is 157 cm³/mol. The number of rotatable bonds is 8. The van der Waals surface area contributed by atoms with Crippen molar-refractivity contribution in [1.29, 1.82) is 0 Å². The van der Waals surface area contributed by atoms with Gasteiger partial charge in [0.05, 0.1) is 16.4 Å². The van der Waals surface area contributed by atoms with Crippen LogP contribution in [0.5, 0.6) is 5.75 Å². The number of nitrogens with zero attached hydrogens (tertiary/aromatic N) is 3. The summed E-state index contributed by atoms with van der Waals surface area (Å²) in [4.78, 5) is 37.6. The molecule has 0 radical (unpaired) electrons. The Hall–Kier alpha value is -4.37. The molecule has 40 heavy (non-hydrogen) atoms. The lowest BCUT2D eigenvalue weighted by atomic mass is 9.87. The smallest absolute Gasteiger partial charge is 0.293 e. The minimum Gasteiger partial charge on any atom is -0.492 e. The van der Waals surface area contributed by atoms with E-state index in [-0.39, 0.29) is 35.4 Å². The van der Waals surface area contributed by atoms with Crippen molar-refractivity contribution in [2.75, 3.05) is 13.2 Å². The third-order valence-corrected chi connectivity index (χ3v) is 7.69. The molecule has 9 heteroatoms. The van der Waals surface area contributed by atoms with Gasteiger partial charge in [0.25, 0.3) is 16.8 Å². The number of nitro groups is 1. The normalized spacial score (nSPS) is 14.9. The minimum atomic E-state index is -0.488. The standard InChI is InChI=1S/C31H29N3O5S/c1-31(2,3)23-10-8-21(9-11-23)19-32-20-22(26-6-4-5-7-27(26)32)18-28-29(35)33(30(36)40-28)16-17-39-25-14-12-24(13-15-25)34(37)38/h4-15,18,20H,16-17,19H2,1-3H3/b28-18-. The number of hydrogen-bond acceptors (Lipinski definition) is 6. The monoisotopic (exact) mass is 555 g/mol.